The number of hydrogen-bond acceptors (Lipinski definition) is 0. The maximum absolute atomic E-state index is 3.14. The first kappa shape index (κ1) is 15.7. The molecule has 2 aliphatic carbocycles. The van der Waals surface area contributed by atoms with Gasteiger partial charge in [-0.1, -0.05) is 37.8 Å². The Balaban J connectivity index is 0.00000144. The summed E-state index contributed by atoms with van der Waals surface area (Å²) in [5.74, 6) is 9.96. The Hall–Kier alpha value is -1.22. The molecule has 2 aliphatic rings. The highest BCUT2D eigenvalue weighted by molar-refractivity contribution is 5.36. The van der Waals surface area contributed by atoms with Crippen LogP contribution in [0.2, 0.25) is 0 Å². The molecular formula is C22H34. The van der Waals surface area contributed by atoms with Crippen molar-refractivity contribution in [2.75, 3.05) is 0 Å². The van der Waals surface area contributed by atoms with Crippen LogP contribution < -0.4 is 0 Å². The predicted octanol–water partition coefficient (Wildman–Crippen LogP) is 6.65. The van der Waals surface area contributed by atoms with Crippen LogP contribution in [0.5, 0.6) is 0 Å². The van der Waals surface area contributed by atoms with Gasteiger partial charge in [-0.05, 0) is 86.8 Å². The molecule has 0 atom stereocenters. The molecule has 22 heavy (non-hydrogen) atoms. The van der Waals surface area contributed by atoms with Crippen LogP contribution in [0, 0.1) is 29.6 Å². The largest absolute Gasteiger partial charge is 0.101 e. The second-order valence-electron chi connectivity index (χ2n) is 7.63. The van der Waals surface area contributed by atoms with Crippen molar-refractivity contribution in [3.63, 3.8) is 0 Å². The molecule has 0 heteroatoms. The van der Waals surface area contributed by atoms with Crippen molar-refractivity contribution < 1.29 is 2.85 Å². The van der Waals surface area contributed by atoms with E-state index in [-0.39, 0.29) is 2.85 Å². The van der Waals surface area contributed by atoms with E-state index >= 15 is 0 Å². The summed E-state index contributed by atoms with van der Waals surface area (Å²) in [7, 11) is 0. The molecule has 122 valence electrons. The molecule has 0 amide bonds. The first-order chi connectivity index (χ1) is 10.8. The Labute approximate surface area is 139 Å². The topological polar surface area (TPSA) is 0 Å². The van der Waals surface area contributed by atoms with Crippen LogP contribution >= 0.6 is 0 Å². The lowest BCUT2D eigenvalue weighted by Crippen LogP contribution is -2.24. The fourth-order valence-corrected chi connectivity index (χ4v) is 4.66. The normalized spacial score (nSPS) is 32.1. The van der Waals surface area contributed by atoms with Gasteiger partial charge in [0.15, 0.2) is 0 Å². The van der Waals surface area contributed by atoms with Crippen molar-refractivity contribution in [2.45, 2.75) is 71.1 Å². The molecule has 0 unspecified atom stereocenters. The standard InChI is InChI=1S/C22H30.2H2/c1-3-4-18-7-11-20(12-8-18)22-15-13-21(14-16-22)19-9-5-17(2)6-10-19;;/h7-8,11-12,17,19,21-22H,5-6,9-10,13-16H2,1-2H3;2*1H. The van der Waals surface area contributed by atoms with E-state index in [9.17, 15) is 0 Å². The minimum atomic E-state index is 0. The Bertz CT molecular complexity index is 521. The van der Waals surface area contributed by atoms with Gasteiger partial charge in [0.2, 0.25) is 0 Å². The average Bonchev–Trinajstić information content (AvgIpc) is 2.57. The number of hydrogen-bond donors (Lipinski definition) is 0. The molecule has 2 saturated carbocycles. The van der Waals surface area contributed by atoms with Crippen LogP contribution in [0.3, 0.4) is 0 Å². The first-order valence-electron chi connectivity index (χ1n) is 9.29. The van der Waals surface area contributed by atoms with E-state index in [1.807, 2.05) is 6.92 Å². The van der Waals surface area contributed by atoms with Gasteiger partial charge in [-0.15, -0.1) is 5.92 Å². The molecule has 1 aromatic rings. The zero-order chi connectivity index (χ0) is 15.4. The maximum Gasteiger partial charge on any atom is 0.0245 e. The van der Waals surface area contributed by atoms with Crippen molar-refractivity contribution in [1.29, 1.82) is 0 Å². The van der Waals surface area contributed by atoms with Crippen molar-refractivity contribution >= 4 is 0 Å². The summed E-state index contributed by atoms with van der Waals surface area (Å²) in [5.41, 5.74) is 2.69. The van der Waals surface area contributed by atoms with E-state index in [2.05, 4.69) is 43.0 Å². The van der Waals surface area contributed by atoms with Gasteiger partial charge < -0.3 is 0 Å². The molecule has 0 saturated heterocycles. The van der Waals surface area contributed by atoms with Crippen LogP contribution in [0.15, 0.2) is 24.3 Å². The van der Waals surface area contributed by atoms with Crippen LogP contribution in [0.4, 0.5) is 0 Å². The van der Waals surface area contributed by atoms with Crippen molar-refractivity contribution in [3.05, 3.63) is 35.4 Å². The highest BCUT2D eigenvalue weighted by Crippen LogP contribution is 2.43. The molecule has 0 N–H and O–H groups in total. The Morgan fingerprint density at radius 3 is 1.91 bits per heavy atom. The zero-order valence-electron chi connectivity index (χ0n) is 14.3. The maximum atomic E-state index is 3.14. The highest BCUT2D eigenvalue weighted by atomic mass is 14.4. The summed E-state index contributed by atoms with van der Waals surface area (Å²) in [4.78, 5) is 0. The monoisotopic (exact) mass is 298 g/mol. The second kappa shape index (κ2) is 7.36. The van der Waals surface area contributed by atoms with Gasteiger partial charge in [0.05, 0.1) is 0 Å². The minimum Gasteiger partial charge on any atom is -0.101 e. The Morgan fingerprint density at radius 1 is 0.818 bits per heavy atom. The molecule has 0 heterocycles. The zero-order valence-corrected chi connectivity index (χ0v) is 14.3. The number of rotatable bonds is 2. The molecule has 2 fully saturated rings. The van der Waals surface area contributed by atoms with E-state index in [4.69, 9.17) is 0 Å². The quantitative estimate of drug-likeness (QED) is 0.536. The lowest BCUT2D eigenvalue weighted by atomic mass is 9.68. The molecule has 1 aromatic carbocycles. The summed E-state index contributed by atoms with van der Waals surface area (Å²) >= 11 is 0. The van der Waals surface area contributed by atoms with Gasteiger partial charge in [-0.25, -0.2) is 0 Å². The summed E-state index contributed by atoms with van der Waals surface area (Å²) in [6.45, 7) is 4.33. The third kappa shape index (κ3) is 3.75. The smallest absolute Gasteiger partial charge is 0.0245 e. The summed E-state index contributed by atoms with van der Waals surface area (Å²) in [5, 5.41) is 0. The van der Waals surface area contributed by atoms with Crippen LogP contribution in [-0.4, -0.2) is 0 Å². The van der Waals surface area contributed by atoms with E-state index in [0.717, 1.165) is 29.2 Å². The van der Waals surface area contributed by atoms with Crippen LogP contribution in [-0.2, 0) is 0 Å². The molecule has 0 nitrogen and oxygen atoms in total. The molecule has 0 aliphatic heterocycles. The average molecular weight is 299 g/mol. The summed E-state index contributed by atoms with van der Waals surface area (Å²) < 4.78 is 0. The third-order valence-corrected chi connectivity index (χ3v) is 6.15. The van der Waals surface area contributed by atoms with Crippen molar-refractivity contribution in [1.82, 2.24) is 0 Å². The van der Waals surface area contributed by atoms with Gasteiger partial charge in [-0.3, -0.25) is 0 Å². The molecular weight excluding hydrogens is 264 g/mol. The van der Waals surface area contributed by atoms with E-state index in [1.165, 1.54) is 56.9 Å². The van der Waals surface area contributed by atoms with Crippen molar-refractivity contribution in [3.8, 4) is 11.8 Å². The Kier molecular flexibility index (Phi) is 5.24. The SMILES string of the molecule is CC#Cc1ccc(C2CCC(C3CCC(C)CC3)CC2)cc1.[HH].[HH]. The van der Waals surface area contributed by atoms with E-state index in [0.29, 0.717) is 0 Å². The Morgan fingerprint density at radius 2 is 1.36 bits per heavy atom. The van der Waals surface area contributed by atoms with E-state index in [1.54, 1.807) is 0 Å². The lowest BCUT2D eigenvalue weighted by Gasteiger charge is -2.37. The van der Waals surface area contributed by atoms with Crippen molar-refractivity contribution in [2.24, 2.45) is 17.8 Å². The predicted molar refractivity (Wildman–Crippen MR) is 99.0 cm³/mol. The number of benzene rings is 1. The van der Waals surface area contributed by atoms with Crippen LogP contribution in [0.1, 0.15) is 85.1 Å². The molecule has 0 aromatic heterocycles. The van der Waals surface area contributed by atoms with Crippen LogP contribution in [0.25, 0.3) is 0 Å². The minimum absolute atomic E-state index is 0. The first-order valence-corrected chi connectivity index (χ1v) is 9.29. The van der Waals surface area contributed by atoms with Gasteiger partial charge in [0.1, 0.15) is 0 Å². The molecule has 0 bridgehead atoms. The van der Waals surface area contributed by atoms with Gasteiger partial charge in [-0.2, -0.15) is 0 Å². The summed E-state index contributed by atoms with van der Waals surface area (Å²) in [6.07, 6.45) is 11.7. The lowest BCUT2D eigenvalue weighted by molar-refractivity contribution is 0.165. The third-order valence-electron chi connectivity index (χ3n) is 6.15. The highest BCUT2D eigenvalue weighted by Gasteiger charge is 2.30. The molecule has 3 rings (SSSR count). The summed E-state index contributed by atoms with van der Waals surface area (Å²) in [6, 6.07) is 9.01. The molecule has 0 spiro atoms. The second-order valence-corrected chi connectivity index (χ2v) is 7.63. The molecule has 0 radical (unpaired) electrons. The fraction of sp³-hybridized carbons (Fsp3) is 0.636. The van der Waals surface area contributed by atoms with Gasteiger partial charge >= 0.3 is 0 Å². The van der Waals surface area contributed by atoms with E-state index < -0.39 is 0 Å². The fourth-order valence-electron chi connectivity index (χ4n) is 4.66. The van der Waals surface area contributed by atoms with Gasteiger partial charge in [0, 0.05) is 8.42 Å². The van der Waals surface area contributed by atoms with Gasteiger partial charge in [0.25, 0.3) is 0 Å².